The van der Waals surface area contributed by atoms with Crippen molar-refractivity contribution in [1.29, 1.82) is 0 Å². The lowest BCUT2D eigenvalue weighted by atomic mass is 10.2. The number of rotatable bonds is 6. The van der Waals surface area contributed by atoms with E-state index in [1.165, 1.54) is 10.5 Å². The molecule has 4 heteroatoms. The molecule has 19 heavy (non-hydrogen) atoms. The third-order valence-electron chi connectivity index (χ3n) is 2.68. The minimum absolute atomic E-state index is 0.492. The van der Waals surface area contributed by atoms with E-state index in [0.717, 1.165) is 22.5 Å². The molecule has 1 aromatic heterocycles. The average Bonchev–Trinajstić information content (AvgIpc) is 2.88. The van der Waals surface area contributed by atoms with Gasteiger partial charge in [0.15, 0.2) is 0 Å². The second kappa shape index (κ2) is 7.17. The van der Waals surface area contributed by atoms with E-state index in [-0.39, 0.29) is 0 Å². The minimum atomic E-state index is 0.492. The molecule has 0 fully saturated rings. The Morgan fingerprint density at radius 1 is 1.32 bits per heavy atom. The highest BCUT2D eigenvalue weighted by Crippen LogP contribution is 2.29. The molecule has 1 N–H and O–H groups in total. The average molecular weight is 340 g/mol. The summed E-state index contributed by atoms with van der Waals surface area (Å²) < 4.78 is 6.49. The fourth-order valence-electron chi connectivity index (χ4n) is 1.67. The summed E-state index contributed by atoms with van der Waals surface area (Å²) in [5.41, 5.74) is 1.33. The van der Waals surface area contributed by atoms with Crippen LogP contribution in [0.2, 0.25) is 0 Å². The fraction of sp³-hybridized carbons (Fsp3) is 0.333. The van der Waals surface area contributed by atoms with Crippen LogP contribution >= 0.6 is 27.7 Å². The molecule has 1 heterocycles. The van der Waals surface area contributed by atoms with Gasteiger partial charge in [-0.25, -0.2) is 0 Å². The second-order valence-electron chi connectivity index (χ2n) is 4.66. The van der Waals surface area contributed by atoms with Crippen molar-refractivity contribution in [3.05, 3.63) is 52.4 Å². The van der Waals surface area contributed by atoms with Crippen molar-refractivity contribution in [2.24, 2.45) is 0 Å². The van der Waals surface area contributed by atoms with Crippen LogP contribution in [-0.4, -0.2) is 6.04 Å². The SMILES string of the molecule is CC(C)NCc1ccc(Br)cc1SCc1ccco1. The van der Waals surface area contributed by atoms with Gasteiger partial charge < -0.3 is 9.73 Å². The maximum absolute atomic E-state index is 5.38. The van der Waals surface area contributed by atoms with Gasteiger partial charge >= 0.3 is 0 Å². The largest absolute Gasteiger partial charge is 0.468 e. The van der Waals surface area contributed by atoms with E-state index in [2.05, 4.69) is 53.3 Å². The van der Waals surface area contributed by atoms with E-state index in [1.54, 1.807) is 18.0 Å². The Labute approximate surface area is 127 Å². The summed E-state index contributed by atoms with van der Waals surface area (Å²) in [5.74, 6) is 1.87. The normalized spacial score (nSPS) is 11.2. The van der Waals surface area contributed by atoms with Crippen LogP contribution in [0.15, 0.2) is 50.4 Å². The molecule has 0 radical (unpaired) electrons. The summed E-state index contributed by atoms with van der Waals surface area (Å²) >= 11 is 5.34. The second-order valence-corrected chi connectivity index (χ2v) is 6.59. The van der Waals surface area contributed by atoms with Crippen LogP contribution in [0, 0.1) is 0 Å². The number of halogens is 1. The monoisotopic (exact) mass is 339 g/mol. The number of furan rings is 1. The van der Waals surface area contributed by atoms with Crippen molar-refractivity contribution in [2.45, 2.75) is 37.1 Å². The maximum Gasteiger partial charge on any atom is 0.113 e. The van der Waals surface area contributed by atoms with Gasteiger partial charge in [-0.05, 0) is 29.8 Å². The minimum Gasteiger partial charge on any atom is -0.468 e. The summed E-state index contributed by atoms with van der Waals surface area (Å²) in [5, 5.41) is 3.46. The van der Waals surface area contributed by atoms with Crippen molar-refractivity contribution in [3.8, 4) is 0 Å². The first kappa shape index (κ1) is 14.7. The molecule has 102 valence electrons. The van der Waals surface area contributed by atoms with Crippen molar-refractivity contribution < 1.29 is 4.42 Å². The zero-order valence-corrected chi connectivity index (χ0v) is 13.6. The van der Waals surface area contributed by atoms with E-state index >= 15 is 0 Å². The van der Waals surface area contributed by atoms with Crippen LogP contribution in [0.5, 0.6) is 0 Å². The summed E-state index contributed by atoms with van der Waals surface area (Å²) in [6, 6.07) is 10.9. The van der Waals surface area contributed by atoms with Crippen molar-refractivity contribution in [3.63, 3.8) is 0 Å². The summed E-state index contributed by atoms with van der Waals surface area (Å²) in [6.07, 6.45) is 1.72. The lowest BCUT2D eigenvalue weighted by Crippen LogP contribution is -2.22. The van der Waals surface area contributed by atoms with Crippen LogP contribution in [-0.2, 0) is 12.3 Å². The third kappa shape index (κ3) is 4.71. The summed E-state index contributed by atoms with van der Waals surface area (Å²) in [4.78, 5) is 1.29. The number of hydrogen-bond donors (Lipinski definition) is 1. The molecular weight excluding hydrogens is 322 g/mol. The lowest BCUT2D eigenvalue weighted by molar-refractivity contribution is 0.530. The van der Waals surface area contributed by atoms with Crippen LogP contribution in [0.1, 0.15) is 25.2 Å². The highest BCUT2D eigenvalue weighted by Gasteiger charge is 2.06. The molecule has 0 unspecified atom stereocenters. The molecular formula is C15H18BrNOS. The molecule has 1 aromatic carbocycles. The molecule has 0 saturated carbocycles. The van der Waals surface area contributed by atoms with Crippen LogP contribution in [0.4, 0.5) is 0 Å². The van der Waals surface area contributed by atoms with Crippen LogP contribution in [0.3, 0.4) is 0 Å². The Kier molecular flexibility index (Phi) is 5.55. The van der Waals surface area contributed by atoms with Gasteiger partial charge in [-0.3, -0.25) is 0 Å². The van der Waals surface area contributed by atoms with Crippen molar-refractivity contribution in [2.75, 3.05) is 0 Å². The standard InChI is InChI=1S/C15H18BrNOS/c1-11(2)17-9-12-5-6-13(16)8-15(12)19-10-14-4-3-7-18-14/h3-8,11,17H,9-10H2,1-2H3. The van der Waals surface area contributed by atoms with E-state index < -0.39 is 0 Å². The molecule has 0 spiro atoms. The van der Waals surface area contributed by atoms with Gasteiger partial charge in [0.2, 0.25) is 0 Å². The summed E-state index contributed by atoms with van der Waals surface area (Å²) in [7, 11) is 0. The van der Waals surface area contributed by atoms with Crippen LogP contribution in [0.25, 0.3) is 0 Å². The van der Waals surface area contributed by atoms with Gasteiger partial charge in [-0.15, -0.1) is 11.8 Å². The van der Waals surface area contributed by atoms with E-state index in [1.807, 2.05) is 12.1 Å². The van der Waals surface area contributed by atoms with Gasteiger partial charge in [0.25, 0.3) is 0 Å². The molecule has 0 aliphatic heterocycles. The highest BCUT2D eigenvalue weighted by molar-refractivity contribution is 9.10. The third-order valence-corrected chi connectivity index (χ3v) is 4.29. The van der Waals surface area contributed by atoms with Crippen LogP contribution < -0.4 is 5.32 Å². The first-order chi connectivity index (χ1) is 9.15. The molecule has 2 rings (SSSR count). The van der Waals surface area contributed by atoms with Crippen molar-refractivity contribution in [1.82, 2.24) is 5.32 Å². The fourth-order valence-corrected chi connectivity index (χ4v) is 3.18. The van der Waals surface area contributed by atoms with Gasteiger partial charge in [-0.2, -0.15) is 0 Å². The zero-order chi connectivity index (χ0) is 13.7. The van der Waals surface area contributed by atoms with E-state index in [0.29, 0.717) is 6.04 Å². The molecule has 0 aliphatic carbocycles. The Hall–Kier alpha value is -0.710. The number of benzene rings is 1. The molecule has 2 nitrogen and oxygen atoms in total. The Bertz CT molecular complexity index is 511. The summed E-state index contributed by atoms with van der Waals surface area (Å²) in [6.45, 7) is 5.22. The van der Waals surface area contributed by atoms with Crippen molar-refractivity contribution >= 4 is 27.7 Å². The molecule has 0 aliphatic rings. The Balaban J connectivity index is 2.06. The lowest BCUT2D eigenvalue weighted by Gasteiger charge is -2.12. The zero-order valence-electron chi connectivity index (χ0n) is 11.2. The Morgan fingerprint density at radius 3 is 2.84 bits per heavy atom. The predicted molar refractivity (Wildman–Crippen MR) is 84.4 cm³/mol. The number of nitrogens with one attached hydrogen (secondary N) is 1. The Morgan fingerprint density at radius 2 is 2.16 bits per heavy atom. The van der Waals surface area contributed by atoms with Gasteiger partial charge in [0.05, 0.1) is 12.0 Å². The number of thioether (sulfide) groups is 1. The van der Waals surface area contributed by atoms with Gasteiger partial charge in [-0.1, -0.05) is 35.8 Å². The van der Waals surface area contributed by atoms with E-state index in [9.17, 15) is 0 Å². The molecule has 0 amide bonds. The first-order valence-electron chi connectivity index (χ1n) is 6.32. The molecule has 2 aromatic rings. The molecule has 0 saturated heterocycles. The number of hydrogen-bond acceptors (Lipinski definition) is 3. The first-order valence-corrected chi connectivity index (χ1v) is 8.10. The smallest absolute Gasteiger partial charge is 0.113 e. The van der Waals surface area contributed by atoms with Gasteiger partial charge in [0, 0.05) is 22.0 Å². The topological polar surface area (TPSA) is 25.2 Å². The highest BCUT2D eigenvalue weighted by atomic mass is 79.9. The predicted octanol–water partition coefficient (Wildman–Crippen LogP) is 4.83. The quantitative estimate of drug-likeness (QED) is 0.763. The van der Waals surface area contributed by atoms with E-state index in [4.69, 9.17) is 4.42 Å². The maximum atomic E-state index is 5.38. The van der Waals surface area contributed by atoms with Gasteiger partial charge in [0.1, 0.15) is 5.76 Å². The molecule has 0 atom stereocenters. The molecule has 0 bridgehead atoms.